The Bertz CT molecular complexity index is 1090. The van der Waals surface area contributed by atoms with Crippen LogP contribution < -0.4 is 10.1 Å². The van der Waals surface area contributed by atoms with Crippen molar-refractivity contribution in [2.45, 2.75) is 25.2 Å². The molecule has 1 N–H and O–H groups in total. The fourth-order valence-electron chi connectivity index (χ4n) is 3.84. The summed E-state index contributed by atoms with van der Waals surface area (Å²) < 4.78 is 46.8. The van der Waals surface area contributed by atoms with Crippen LogP contribution in [0.25, 0.3) is 10.9 Å². The molecule has 1 unspecified atom stereocenters. The Balaban J connectivity index is 1.47. The number of hydrogen-bond donors (Lipinski definition) is 1. The van der Waals surface area contributed by atoms with Crippen LogP contribution in [-0.2, 0) is 20.7 Å². The lowest BCUT2D eigenvalue weighted by Crippen LogP contribution is -2.39. The summed E-state index contributed by atoms with van der Waals surface area (Å²) in [6.45, 7) is -0.186. The van der Waals surface area contributed by atoms with E-state index in [1.807, 2.05) is 13.1 Å². The fraction of sp³-hybridized carbons (Fsp3) is 0.450. The highest BCUT2D eigenvalue weighted by molar-refractivity contribution is 6.05. The molecule has 1 amide bonds. The lowest BCUT2D eigenvalue weighted by Gasteiger charge is -2.18. The van der Waals surface area contributed by atoms with E-state index in [0.29, 0.717) is 41.9 Å². The molecular weight excluding hydrogens is 413 g/mol. The summed E-state index contributed by atoms with van der Waals surface area (Å²) in [5.74, 6) is 0.209. The molecule has 1 aliphatic heterocycles. The molecule has 3 aromatic rings. The number of benzene rings is 1. The molecule has 1 aromatic carbocycles. The molecular formula is C20H23F3N6O2. The summed E-state index contributed by atoms with van der Waals surface area (Å²) in [6, 6.07) is 6.80. The second kappa shape index (κ2) is 8.22. The third kappa shape index (κ3) is 4.82. The summed E-state index contributed by atoms with van der Waals surface area (Å²) >= 11 is 0. The van der Waals surface area contributed by atoms with Gasteiger partial charge >= 0.3 is 6.18 Å². The summed E-state index contributed by atoms with van der Waals surface area (Å²) in [5, 5.41) is 11.9. The van der Waals surface area contributed by atoms with Crippen LogP contribution in [0.2, 0.25) is 0 Å². The van der Waals surface area contributed by atoms with E-state index in [0.717, 1.165) is 5.69 Å². The van der Waals surface area contributed by atoms with Gasteiger partial charge in [0.2, 0.25) is 0 Å². The molecule has 1 atom stereocenters. The minimum atomic E-state index is -4.25. The monoisotopic (exact) mass is 436 g/mol. The largest absolute Gasteiger partial charge is 0.487 e. The van der Waals surface area contributed by atoms with Crippen molar-refractivity contribution in [1.29, 1.82) is 0 Å². The quantitative estimate of drug-likeness (QED) is 0.642. The Morgan fingerprint density at radius 2 is 2.06 bits per heavy atom. The molecule has 31 heavy (non-hydrogen) atoms. The Kier molecular flexibility index (Phi) is 5.61. The number of halogens is 3. The maximum atomic E-state index is 12.9. The Morgan fingerprint density at radius 3 is 2.77 bits per heavy atom. The highest BCUT2D eigenvalue weighted by Crippen LogP contribution is 2.25. The van der Waals surface area contributed by atoms with Crippen molar-refractivity contribution in [1.82, 2.24) is 29.8 Å². The minimum absolute atomic E-state index is 0.167. The maximum Gasteiger partial charge on any atom is 0.401 e. The lowest BCUT2D eigenvalue weighted by molar-refractivity contribution is -0.143. The molecule has 4 rings (SSSR count). The smallest absolute Gasteiger partial charge is 0.401 e. The number of carbonyl (C=O) groups is 1. The van der Waals surface area contributed by atoms with Gasteiger partial charge in [-0.15, -0.1) is 0 Å². The van der Waals surface area contributed by atoms with Gasteiger partial charge in [-0.1, -0.05) is 0 Å². The van der Waals surface area contributed by atoms with Crippen molar-refractivity contribution in [3.63, 3.8) is 0 Å². The predicted octanol–water partition coefficient (Wildman–Crippen LogP) is 2.25. The van der Waals surface area contributed by atoms with Gasteiger partial charge in [-0.25, -0.2) is 0 Å². The van der Waals surface area contributed by atoms with E-state index in [1.54, 1.807) is 36.1 Å². The van der Waals surface area contributed by atoms with E-state index in [-0.39, 0.29) is 18.5 Å². The van der Waals surface area contributed by atoms with E-state index in [1.165, 1.54) is 9.58 Å². The maximum absolute atomic E-state index is 12.9. The number of nitrogens with one attached hydrogen (secondary N) is 1. The zero-order valence-corrected chi connectivity index (χ0v) is 17.2. The van der Waals surface area contributed by atoms with Gasteiger partial charge in [0.15, 0.2) is 0 Å². The molecule has 0 saturated carbocycles. The van der Waals surface area contributed by atoms with Crippen molar-refractivity contribution >= 4 is 16.8 Å². The molecule has 166 valence electrons. The first-order valence-electron chi connectivity index (χ1n) is 9.86. The average molecular weight is 436 g/mol. The fourth-order valence-corrected chi connectivity index (χ4v) is 3.84. The van der Waals surface area contributed by atoms with Crippen LogP contribution in [0, 0.1) is 0 Å². The molecule has 0 aliphatic carbocycles. The highest BCUT2D eigenvalue weighted by atomic mass is 19.4. The molecule has 0 bridgehead atoms. The predicted molar refractivity (Wildman–Crippen MR) is 107 cm³/mol. The number of aryl methyl sites for hydroxylation is 2. The second-order valence-electron chi connectivity index (χ2n) is 7.70. The number of likely N-dealkylation sites (tertiary alicyclic amines) is 1. The summed E-state index contributed by atoms with van der Waals surface area (Å²) in [6.07, 6.45) is -2.09. The highest BCUT2D eigenvalue weighted by Gasteiger charge is 2.35. The summed E-state index contributed by atoms with van der Waals surface area (Å²) in [5.41, 5.74) is 1.87. The van der Waals surface area contributed by atoms with Gasteiger partial charge in [0, 0.05) is 44.8 Å². The number of fused-ring (bicyclic) bond motifs is 1. The van der Waals surface area contributed by atoms with E-state index >= 15 is 0 Å². The first-order valence-corrected chi connectivity index (χ1v) is 9.86. The number of aromatic nitrogens is 4. The number of hydrogen-bond acceptors (Lipinski definition) is 5. The van der Waals surface area contributed by atoms with Crippen LogP contribution in [0.1, 0.15) is 22.6 Å². The van der Waals surface area contributed by atoms with Gasteiger partial charge in [0.25, 0.3) is 5.91 Å². The molecule has 2 aromatic heterocycles. The van der Waals surface area contributed by atoms with E-state index in [2.05, 4.69) is 15.5 Å². The molecule has 8 nitrogen and oxygen atoms in total. The van der Waals surface area contributed by atoms with Crippen molar-refractivity contribution in [3.05, 3.63) is 41.9 Å². The van der Waals surface area contributed by atoms with Crippen molar-refractivity contribution in [3.8, 4) is 5.75 Å². The zero-order chi connectivity index (χ0) is 22.2. The lowest BCUT2D eigenvalue weighted by atomic mass is 10.1. The summed E-state index contributed by atoms with van der Waals surface area (Å²) in [7, 11) is 3.49. The number of nitrogens with zero attached hydrogens (tertiary/aromatic N) is 5. The van der Waals surface area contributed by atoms with Crippen LogP contribution in [0.4, 0.5) is 13.2 Å². The van der Waals surface area contributed by atoms with Gasteiger partial charge in [0.05, 0.1) is 17.8 Å². The van der Waals surface area contributed by atoms with Gasteiger partial charge in [-0.2, -0.15) is 23.4 Å². The molecule has 0 spiro atoms. The first kappa shape index (κ1) is 21.2. The number of amides is 1. The number of ether oxygens (including phenoxy) is 1. The van der Waals surface area contributed by atoms with Crippen LogP contribution in [0.3, 0.4) is 0 Å². The van der Waals surface area contributed by atoms with Crippen LogP contribution in [-0.4, -0.2) is 62.2 Å². The van der Waals surface area contributed by atoms with E-state index in [9.17, 15) is 18.0 Å². The van der Waals surface area contributed by atoms with Crippen molar-refractivity contribution in [2.75, 3.05) is 19.6 Å². The van der Waals surface area contributed by atoms with Crippen LogP contribution in [0.15, 0.2) is 30.5 Å². The van der Waals surface area contributed by atoms with Gasteiger partial charge < -0.3 is 10.1 Å². The molecule has 0 radical (unpaired) electrons. The average Bonchev–Trinajstić information content (AvgIpc) is 3.36. The third-order valence-electron chi connectivity index (χ3n) is 5.34. The number of alkyl halides is 3. The molecule has 1 fully saturated rings. The minimum Gasteiger partial charge on any atom is -0.487 e. The Labute approximate surface area is 176 Å². The topological polar surface area (TPSA) is 77.2 Å². The first-order chi connectivity index (χ1) is 14.7. The van der Waals surface area contributed by atoms with Crippen LogP contribution in [0.5, 0.6) is 5.75 Å². The van der Waals surface area contributed by atoms with Crippen molar-refractivity contribution in [2.24, 2.45) is 14.1 Å². The van der Waals surface area contributed by atoms with Gasteiger partial charge in [-0.05, 0) is 30.7 Å². The molecule has 1 saturated heterocycles. The zero-order valence-electron chi connectivity index (χ0n) is 17.2. The van der Waals surface area contributed by atoms with Gasteiger partial charge in [-0.3, -0.25) is 19.1 Å². The van der Waals surface area contributed by atoms with Crippen molar-refractivity contribution < 1.29 is 22.7 Å². The van der Waals surface area contributed by atoms with E-state index < -0.39 is 12.7 Å². The van der Waals surface area contributed by atoms with Crippen LogP contribution >= 0.6 is 0 Å². The Morgan fingerprint density at radius 1 is 1.26 bits per heavy atom. The number of rotatable bonds is 6. The molecule has 3 heterocycles. The molecule has 11 heteroatoms. The van der Waals surface area contributed by atoms with E-state index in [4.69, 9.17) is 4.74 Å². The Hall–Kier alpha value is -3.08. The summed E-state index contributed by atoms with van der Waals surface area (Å²) in [4.78, 5) is 14.2. The SMILES string of the molecule is Cn1nccc1COc1ccc2nn(C)c(C(=O)NC3CCN(CC(F)(F)F)C3)c2c1. The number of carbonyl (C=O) groups excluding carboxylic acids is 1. The van der Waals surface area contributed by atoms with Gasteiger partial charge in [0.1, 0.15) is 18.1 Å². The molecule has 1 aliphatic rings. The second-order valence-corrected chi connectivity index (χ2v) is 7.70. The third-order valence-corrected chi connectivity index (χ3v) is 5.34. The standard InChI is InChI=1S/C20H23F3N6O2/c1-27-14(5-7-24-27)11-31-15-3-4-17-16(9-15)18(28(2)26-17)19(30)25-13-6-8-29(10-13)12-20(21,22)23/h3-5,7,9,13H,6,8,10-12H2,1-2H3,(H,25,30). The normalized spacial score (nSPS) is 17.4.